The minimum absolute atomic E-state index is 0.225. The molecule has 0 radical (unpaired) electrons. The highest BCUT2D eigenvalue weighted by molar-refractivity contribution is 5.79. The zero-order chi connectivity index (χ0) is 13.2. The van der Waals surface area contributed by atoms with Gasteiger partial charge in [0, 0.05) is 6.07 Å². The van der Waals surface area contributed by atoms with E-state index in [0.29, 0.717) is 28.6 Å². The van der Waals surface area contributed by atoms with Crippen LogP contribution in [-0.4, -0.2) is 13.1 Å². The number of ether oxygens (including phenoxy) is 3. The van der Waals surface area contributed by atoms with Gasteiger partial charge < -0.3 is 14.2 Å². The number of hydrogen-bond donors (Lipinski definition) is 0. The molecule has 0 atom stereocenters. The molecule has 0 unspecified atom stereocenters. The van der Waals surface area contributed by atoms with Crippen LogP contribution in [0.1, 0.15) is 15.9 Å². The van der Waals surface area contributed by atoms with Gasteiger partial charge in [0.1, 0.15) is 11.5 Å². The van der Waals surface area contributed by atoms with Crippen molar-refractivity contribution in [1.82, 2.24) is 0 Å². The highest BCUT2D eigenvalue weighted by Crippen LogP contribution is 2.37. The first kappa shape index (κ1) is 11.6. The Bertz CT molecular complexity index is 634. The van der Waals surface area contributed by atoms with Gasteiger partial charge in [-0.25, -0.2) is 0 Å². The monoisotopic (exact) mass is 256 g/mol. The third-order valence-corrected chi connectivity index (χ3v) is 2.86. The van der Waals surface area contributed by atoms with Crippen molar-refractivity contribution < 1.29 is 19.0 Å². The average molecular weight is 256 g/mol. The third kappa shape index (κ3) is 2.25. The van der Waals surface area contributed by atoms with Gasteiger partial charge in [0.15, 0.2) is 17.8 Å². The normalized spacial score (nSPS) is 12.3. The molecule has 0 N–H and O–H groups in total. The maximum absolute atomic E-state index is 11.0. The summed E-state index contributed by atoms with van der Waals surface area (Å²) in [5.41, 5.74) is 1.54. The largest absolute Gasteiger partial charge is 0.456 e. The summed E-state index contributed by atoms with van der Waals surface area (Å²) in [5.74, 6) is 2.49. The minimum Gasteiger partial charge on any atom is -0.456 e. The summed E-state index contributed by atoms with van der Waals surface area (Å²) in [4.78, 5) is 11.0. The van der Waals surface area contributed by atoms with Crippen LogP contribution in [0.3, 0.4) is 0 Å². The Morgan fingerprint density at radius 1 is 1.11 bits per heavy atom. The van der Waals surface area contributed by atoms with Gasteiger partial charge in [-0.1, -0.05) is 11.6 Å². The summed E-state index contributed by atoms with van der Waals surface area (Å²) < 4.78 is 16.2. The lowest BCUT2D eigenvalue weighted by molar-refractivity contribution is 0.112. The Morgan fingerprint density at radius 2 is 1.95 bits per heavy atom. The Balaban J connectivity index is 1.91. The first-order valence-electron chi connectivity index (χ1n) is 5.89. The molecule has 2 aromatic rings. The molecule has 0 bridgehead atoms. The Hall–Kier alpha value is -2.49. The van der Waals surface area contributed by atoms with Gasteiger partial charge in [-0.2, -0.15) is 0 Å². The van der Waals surface area contributed by atoms with Gasteiger partial charge in [-0.05, 0) is 31.2 Å². The second-order valence-electron chi connectivity index (χ2n) is 4.28. The topological polar surface area (TPSA) is 44.8 Å². The number of carbonyl (C=O) groups excluding carboxylic acids is 1. The van der Waals surface area contributed by atoms with E-state index in [2.05, 4.69) is 0 Å². The number of rotatable bonds is 3. The van der Waals surface area contributed by atoms with Crippen molar-refractivity contribution in [2.24, 2.45) is 0 Å². The maximum Gasteiger partial charge on any atom is 0.231 e. The van der Waals surface area contributed by atoms with Crippen LogP contribution in [0.4, 0.5) is 0 Å². The van der Waals surface area contributed by atoms with E-state index in [1.165, 1.54) is 0 Å². The van der Waals surface area contributed by atoms with E-state index in [1.54, 1.807) is 30.3 Å². The van der Waals surface area contributed by atoms with Crippen molar-refractivity contribution in [3.05, 3.63) is 47.5 Å². The molecule has 19 heavy (non-hydrogen) atoms. The van der Waals surface area contributed by atoms with Crippen LogP contribution in [0, 0.1) is 6.92 Å². The Kier molecular flexibility index (Phi) is 2.83. The van der Waals surface area contributed by atoms with Crippen LogP contribution in [0.15, 0.2) is 36.4 Å². The van der Waals surface area contributed by atoms with Gasteiger partial charge in [0.2, 0.25) is 6.79 Å². The third-order valence-electron chi connectivity index (χ3n) is 2.86. The molecule has 4 nitrogen and oxygen atoms in total. The zero-order valence-electron chi connectivity index (χ0n) is 10.4. The lowest BCUT2D eigenvalue weighted by atomic mass is 10.1. The summed E-state index contributed by atoms with van der Waals surface area (Å²) >= 11 is 0. The number of aldehydes is 1. The van der Waals surface area contributed by atoms with E-state index in [4.69, 9.17) is 14.2 Å². The standard InChI is InChI=1S/C15H12O4/c1-10-2-4-13(11(6-10)8-16)19-12-3-5-14-15(7-12)18-9-17-14/h2-8H,9H2,1H3. The molecule has 1 heterocycles. The van der Waals surface area contributed by atoms with Crippen molar-refractivity contribution >= 4 is 6.29 Å². The quantitative estimate of drug-likeness (QED) is 0.790. The molecule has 0 spiro atoms. The van der Waals surface area contributed by atoms with Gasteiger partial charge in [-0.15, -0.1) is 0 Å². The van der Waals surface area contributed by atoms with Crippen molar-refractivity contribution in [3.8, 4) is 23.0 Å². The van der Waals surface area contributed by atoms with Gasteiger partial charge in [0.05, 0.1) is 5.56 Å². The van der Waals surface area contributed by atoms with E-state index >= 15 is 0 Å². The fourth-order valence-electron chi connectivity index (χ4n) is 1.92. The molecule has 3 rings (SSSR count). The maximum atomic E-state index is 11.0. The van der Waals surface area contributed by atoms with E-state index in [0.717, 1.165) is 11.8 Å². The molecule has 0 saturated carbocycles. The summed E-state index contributed by atoms with van der Waals surface area (Å²) in [6, 6.07) is 10.8. The summed E-state index contributed by atoms with van der Waals surface area (Å²) in [5, 5.41) is 0. The van der Waals surface area contributed by atoms with E-state index in [9.17, 15) is 4.79 Å². The van der Waals surface area contributed by atoms with Gasteiger partial charge in [0.25, 0.3) is 0 Å². The number of fused-ring (bicyclic) bond motifs is 1. The molecule has 0 saturated heterocycles. The van der Waals surface area contributed by atoms with Crippen LogP contribution in [0.2, 0.25) is 0 Å². The molecule has 0 aromatic heterocycles. The lowest BCUT2D eigenvalue weighted by Crippen LogP contribution is -1.93. The molecule has 96 valence electrons. The molecule has 4 heteroatoms. The molecule has 0 fully saturated rings. The van der Waals surface area contributed by atoms with Crippen molar-refractivity contribution in [2.75, 3.05) is 6.79 Å². The Morgan fingerprint density at radius 3 is 2.79 bits per heavy atom. The molecule has 2 aromatic carbocycles. The first-order chi connectivity index (χ1) is 9.26. The highest BCUT2D eigenvalue weighted by Gasteiger charge is 2.14. The van der Waals surface area contributed by atoms with Gasteiger partial charge in [-0.3, -0.25) is 4.79 Å². The number of aryl methyl sites for hydroxylation is 1. The molecule has 0 amide bonds. The Labute approximate surface area is 110 Å². The number of benzene rings is 2. The number of carbonyl (C=O) groups is 1. The smallest absolute Gasteiger partial charge is 0.231 e. The molecule has 0 aliphatic carbocycles. The molecular weight excluding hydrogens is 244 g/mol. The summed E-state index contributed by atoms with van der Waals surface area (Å²) in [6.07, 6.45) is 0.787. The SMILES string of the molecule is Cc1ccc(Oc2ccc3c(c2)OCO3)c(C=O)c1. The predicted octanol–water partition coefficient (Wildman–Crippen LogP) is 3.33. The fraction of sp³-hybridized carbons (Fsp3) is 0.133. The average Bonchev–Trinajstić information content (AvgIpc) is 2.88. The first-order valence-corrected chi connectivity index (χ1v) is 5.89. The minimum atomic E-state index is 0.225. The van der Waals surface area contributed by atoms with E-state index in [1.807, 2.05) is 13.0 Å². The molecular formula is C15H12O4. The van der Waals surface area contributed by atoms with Crippen LogP contribution < -0.4 is 14.2 Å². The van der Waals surface area contributed by atoms with Crippen molar-refractivity contribution in [1.29, 1.82) is 0 Å². The zero-order valence-corrected chi connectivity index (χ0v) is 10.4. The van der Waals surface area contributed by atoms with E-state index < -0.39 is 0 Å². The molecule has 1 aliphatic heterocycles. The van der Waals surface area contributed by atoms with E-state index in [-0.39, 0.29) is 6.79 Å². The summed E-state index contributed by atoms with van der Waals surface area (Å²) in [7, 11) is 0. The van der Waals surface area contributed by atoms with Crippen LogP contribution in [0.5, 0.6) is 23.0 Å². The van der Waals surface area contributed by atoms with Crippen molar-refractivity contribution in [3.63, 3.8) is 0 Å². The van der Waals surface area contributed by atoms with Gasteiger partial charge >= 0.3 is 0 Å². The number of hydrogen-bond acceptors (Lipinski definition) is 4. The molecule has 1 aliphatic rings. The van der Waals surface area contributed by atoms with Crippen molar-refractivity contribution in [2.45, 2.75) is 6.92 Å². The lowest BCUT2D eigenvalue weighted by Gasteiger charge is -2.09. The van der Waals surface area contributed by atoms with Crippen LogP contribution >= 0.6 is 0 Å². The van der Waals surface area contributed by atoms with Crippen LogP contribution in [0.25, 0.3) is 0 Å². The summed E-state index contributed by atoms with van der Waals surface area (Å²) in [6.45, 7) is 2.15. The van der Waals surface area contributed by atoms with Crippen LogP contribution in [-0.2, 0) is 0 Å². The second kappa shape index (κ2) is 4.65. The fourth-order valence-corrected chi connectivity index (χ4v) is 1.92. The second-order valence-corrected chi connectivity index (χ2v) is 4.28. The highest BCUT2D eigenvalue weighted by atomic mass is 16.7. The predicted molar refractivity (Wildman–Crippen MR) is 69.2 cm³/mol.